The van der Waals surface area contributed by atoms with Gasteiger partial charge in [0.25, 0.3) is 0 Å². The van der Waals surface area contributed by atoms with Gasteiger partial charge in [0, 0.05) is 11.6 Å². The summed E-state index contributed by atoms with van der Waals surface area (Å²) in [6.07, 6.45) is 3.07. The Morgan fingerprint density at radius 1 is 1.40 bits per heavy atom. The molecule has 0 spiro atoms. The molecule has 1 atom stereocenters. The van der Waals surface area contributed by atoms with Crippen LogP contribution in [0.4, 0.5) is 4.39 Å². The number of hydrogen-bond acceptors (Lipinski definition) is 2. The fourth-order valence-corrected chi connectivity index (χ4v) is 2.33. The predicted molar refractivity (Wildman–Crippen MR) is 60.4 cm³/mol. The Bertz CT molecular complexity index is 364. The maximum absolute atomic E-state index is 13.8. The summed E-state index contributed by atoms with van der Waals surface area (Å²) in [6.45, 7) is 0.885. The van der Waals surface area contributed by atoms with Gasteiger partial charge in [0.05, 0.1) is 4.47 Å². The Hall–Kier alpha value is -0.610. The zero-order chi connectivity index (χ0) is 10.8. The molecule has 0 aliphatic carbocycles. The van der Waals surface area contributed by atoms with Crippen LogP contribution in [0.3, 0.4) is 0 Å². The molecular weight excluding hydrogens is 261 g/mol. The zero-order valence-electron chi connectivity index (χ0n) is 8.26. The molecule has 1 aromatic carbocycles. The van der Waals surface area contributed by atoms with E-state index in [4.69, 9.17) is 0 Å². The molecule has 0 aromatic heterocycles. The summed E-state index contributed by atoms with van der Waals surface area (Å²) in [5.41, 5.74) is 0.393. The Morgan fingerprint density at radius 3 is 2.87 bits per heavy atom. The number of rotatable bonds is 1. The van der Waals surface area contributed by atoms with E-state index < -0.39 is 0 Å². The summed E-state index contributed by atoms with van der Waals surface area (Å²) in [6, 6.07) is 2.99. The molecule has 2 N–H and O–H groups in total. The third-order valence-corrected chi connectivity index (χ3v) is 3.38. The van der Waals surface area contributed by atoms with Crippen molar-refractivity contribution in [2.45, 2.75) is 25.3 Å². The summed E-state index contributed by atoms with van der Waals surface area (Å²) in [4.78, 5) is 0. The van der Waals surface area contributed by atoms with Crippen molar-refractivity contribution in [1.29, 1.82) is 0 Å². The lowest BCUT2D eigenvalue weighted by Crippen LogP contribution is -2.27. The lowest BCUT2D eigenvalue weighted by Gasteiger charge is -2.25. The molecule has 1 aliphatic heterocycles. The Balaban J connectivity index is 2.36. The highest BCUT2D eigenvalue weighted by molar-refractivity contribution is 9.10. The van der Waals surface area contributed by atoms with E-state index in [0.717, 1.165) is 25.8 Å². The van der Waals surface area contributed by atoms with Crippen molar-refractivity contribution in [2.75, 3.05) is 6.54 Å². The fraction of sp³-hybridized carbons (Fsp3) is 0.455. The van der Waals surface area contributed by atoms with Crippen molar-refractivity contribution < 1.29 is 9.50 Å². The third-order valence-electron chi connectivity index (χ3n) is 2.77. The number of benzene rings is 1. The normalized spacial score (nSPS) is 21.6. The van der Waals surface area contributed by atoms with Gasteiger partial charge in [-0.3, -0.25) is 0 Å². The Morgan fingerprint density at radius 2 is 2.20 bits per heavy atom. The summed E-state index contributed by atoms with van der Waals surface area (Å²) < 4.78 is 14.2. The van der Waals surface area contributed by atoms with Crippen molar-refractivity contribution >= 4 is 15.9 Å². The van der Waals surface area contributed by atoms with Gasteiger partial charge in [-0.2, -0.15) is 0 Å². The number of phenolic OH excluding ortho intramolecular Hbond substituents is 1. The van der Waals surface area contributed by atoms with Gasteiger partial charge in [0.15, 0.2) is 0 Å². The molecule has 4 heteroatoms. The van der Waals surface area contributed by atoms with Crippen molar-refractivity contribution in [3.05, 3.63) is 28.0 Å². The highest BCUT2D eigenvalue weighted by Gasteiger charge is 2.22. The van der Waals surface area contributed by atoms with Crippen LogP contribution in [0.25, 0.3) is 0 Å². The highest BCUT2D eigenvalue weighted by atomic mass is 79.9. The quantitative estimate of drug-likeness (QED) is 0.824. The summed E-state index contributed by atoms with van der Waals surface area (Å²) in [5, 5.41) is 12.9. The average molecular weight is 274 g/mol. The number of nitrogens with one attached hydrogen (secondary N) is 1. The second kappa shape index (κ2) is 4.49. The van der Waals surface area contributed by atoms with E-state index in [9.17, 15) is 9.50 Å². The molecule has 1 saturated heterocycles. The molecule has 1 aromatic rings. The molecular formula is C11H13BrFNO. The molecule has 0 saturated carbocycles. The minimum absolute atomic E-state index is 0.0371. The SMILES string of the molecule is Oc1ccc(Br)c(F)c1C1CCCCN1. The van der Waals surface area contributed by atoms with E-state index in [2.05, 4.69) is 21.2 Å². The number of piperidine rings is 1. The second-order valence-electron chi connectivity index (χ2n) is 3.80. The number of aromatic hydroxyl groups is 1. The molecule has 0 bridgehead atoms. The summed E-state index contributed by atoms with van der Waals surface area (Å²) >= 11 is 3.13. The first-order valence-electron chi connectivity index (χ1n) is 5.10. The molecule has 0 amide bonds. The van der Waals surface area contributed by atoms with E-state index in [0.29, 0.717) is 10.0 Å². The van der Waals surface area contributed by atoms with Crippen LogP contribution >= 0.6 is 15.9 Å². The first kappa shape index (κ1) is 10.9. The predicted octanol–water partition coefficient (Wildman–Crippen LogP) is 3.11. The third kappa shape index (κ3) is 2.16. The van der Waals surface area contributed by atoms with Gasteiger partial charge in [-0.1, -0.05) is 6.42 Å². The van der Waals surface area contributed by atoms with E-state index in [1.165, 1.54) is 12.1 Å². The monoisotopic (exact) mass is 273 g/mol. The smallest absolute Gasteiger partial charge is 0.145 e. The van der Waals surface area contributed by atoms with E-state index >= 15 is 0 Å². The fourth-order valence-electron chi connectivity index (χ4n) is 1.99. The molecule has 1 aliphatic rings. The van der Waals surface area contributed by atoms with Crippen LogP contribution in [-0.2, 0) is 0 Å². The molecule has 1 heterocycles. The second-order valence-corrected chi connectivity index (χ2v) is 4.65. The number of phenols is 1. The molecule has 2 rings (SSSR count). The van der Waals surface area contributed by atoms with Gasteiger partial charge in [0.2, 0.25) is 0 Å². The number of halogens is 2. The average Bonchev–Trinajstić information content (AvgIpc) is 2.26. The van der Waals surface area contributed by atoms with E-state index in [1.807, 2.05) is 0 Å². The van der Waals surface area contributed by atoms with E-state index in [-0.39, 0.29) is 17.6 Å². The van der Waals surface area contributed by atoms with Crippen LogP contribution in [-0.4, -0.2) is 11.7 Å². The van der Waals surface area contributed by atoms with Crippen molar-refractivity contribution in [3.8, 4) is 5.75 Å². The molecule has 82 valence electrons. The number of hydrogen-bond donors (Lipinski definition) is 2. The highest BCUT2D eigenvalue weighted by Crippen LogP contribution is 2.35. The minimum atomic E-state index is -0.352. The standard InChI is InChI=1S/C11H13BrFNO/c12-7-4-5-9(15)10(11(7)13)8-3-1-2-6-14-8/h4-5,8,14-15H,1-3,6H2. The molecule has 1 fully saturated rings. The lowest BCUT2D eigenvalue weighted by atomic mass is 9.96. The van der Waals surface area contributed by atoms with Crippen molar-refractivity contribution in [1.82, 2.24) is 5.32 Å². The maximum Gasteiger partial charge on any atom is 0.145 e. The summed E-state index contributed by atoms with van der Waals surface area (Å²) in [7, 11) is 0. The Labute approximate surface area is 96.6 Å². The van der Waals surface area contributed by atoms with Crippen LogP contribution in [0.1, 0.15) is 30.9 Å². The van der Waals surface area contributed by atoms with Crippen LogP contribution in [0.15, 0.2) is 16.6 Å². The van der Waals surface area contributed by atoms with Crippen molar-refractivity contribution in [3.63, 3.8) is 0 Å². The van der Waals surface area contributed by atoms with Gasteiger partial charge in [-0.15, -0.1) is 0 Å². The van der Waals surface area contributed by atoms with Crippen LogP contribution in [0.5, 0.6) is 5.75 Å². The van der Waals surface area contributed by atoms with Crippen molar-refractivity contribution in [2.24, 2.45) is 0 Å². The maximum atomic E-state index is 13.8. The van der Waals surface area contributed by atoms with Crippen LogP contribution in [0.2, 0.25) is 0 Å². The first-order chi connectivity index (χ1) is 7.20. The largest absolute Gasteiger partial charge is 0.507 e. The molecule has 15 heavy (non-hydrogen) atoms. The summed E-state index contributed by atoms with van der Waals surface area (Å²) in [5.74, 6) is -0.315. The van der Waals surface area contributed by atoms with Gasteiger partial charge in [-0.05, 0) is 47.4 Å². The van der Waals surface area contributed by atoms with Gasteiger partial charge < -0.3 is 10.4 Å². The molecule has 0 radical (unpaired) electrons. The zero-order valence-corrected chi connectivity index (χ0v) is 9.85. The minimum Gasteiger partial charge on any atom is -0.507 e. The Kier molecular flexibility index (Phi) is 3.26. The van der Waals surface area contributed by atoms with Crippen LogP contribution in [0, 0.1) is 5.82 Å². The first-order valence-corrected chi connectivity index (χ1v) is 5.89. The lowest BCUT2D eigenvalue weighted by molar-refractivity contribution is 0.376. The van der Waals surface area contributed by atoms with E-state index in [1.54, 1.807) is 0 Å². The molecule has 1 unspecified atom stereocenters. The van der Waals surface area contributed by atoms with Gasteiger partial charge in [-0.25, -0.2) is 4.39 Å². The molecule has 2 nitrogen and oxygen atoms in total. The van der Waals surface area contributed by atoms with Crippen LogP contribution < -0.4 is 5.32 Å². The van der Waals surface area contributed by atoms with Gasteiger partial charge >= 0.3 is 0 Å². The van der Waals surface area contributed by atoms with Gasteiger partial charge in [0.1, 0.15) is 11.6 Å². The topological polar surface area (TPSA) is 32.3 Å².